The van der Waals surface area contributed by atoms with Gasteiger partial charge in [0.15, 0.2) is 16.8 Å². The molecule has 0 saturated carbocycles. The molecule has 0 aliphatic heterocycles. The van der Waals surface area contributed by atoms with E-state index in [0.29, 0.717) is 17.5 Å². The highest BCUT2D eigenvalue weighted by Gasteiger charge is 2.18. The molecule has 7 heteroatoms. The summed E-state index contributed by atoms with van der Waals surface area (Å²) >= 11 is 1.38. The first kappa shape index (κ1) is 20.9. The second-order valence-electron chi connectivity index (χ2n) is 7.23. The maximum absolute atomic E-state index is 12.9. The molecule has 0 spiro atoms. The molecule has 0 radical (unpaired) electrons. The number of benzene rings is 2. The normalized spacial score (nSPS) is 10.9. The van der Waals surface area contributed by atoms with E-state index in [0.717, 1.165) is 33.8 Å². The van der Waals surface area contributed by atoms with Gasteiger partial charge >= 0.3 is 0 Å². The molecule has 0 saturated heterocycles. The number of carbonyl (C=O) groups excluding carboxylic acids is 1. The highest BCUT2D eigenvalue weighted by atomic mass is 32.2. The first-order valence-electron chi connectivity index (χ1n) is 9.88. The van der Waals surface area contributed by atoms with Gasteiger partial charge in [-0.25, -0.2) is 0 Å². The molecular weight excluding hydrogens is 410 g/mol. The fourth-order valence-electron chi connectivity index (χ4n) is 3.32. The van der Waals surface area contributed by atoms with Crippen LogP contribution in [0.5, 0.6) is 5.75 Å². The average molecular weight is 434 g/mol. The van der Waals surface area contributed by atoms with Crippen molar-refractivity contribution in [1.82, 2.24) is 14.8 Å². The molecule has 158 valence electrons. The summed E-state index contributed by atoms with van der Waals surface area (Å²) in [4.78, 5) is 12.9. The van der Waals surface area contributed by atoms with Gasteiger partial charge in [0.1, 0.15) is 11.5 Å². The maximum atomic E-state index is 12.9. The van der Waals surface area contributed by atoms with Gasteiger partial charge < -0.3 is 9.15 Å². The molecular formula is C24H23N3O3S. The number of aryl methyl sites for hydroxylation is 2. The van der Waals surface area contributed by atoms with E-state index in [1.165, 1.54) is 11.8 Å². The number of hydrogen-bond donors (Lipinski definition) is 0. The SMILES string of the molecule is COc1cccc(-c2nnc(SCC(=O)c3cc(C)ccc3C)n2Cc2ccco2)c1. The monoisotopic (exact) mass is 433 g/mol. The van der Waals surface area contributed by atoms with Crippen molar-refractivity contribution in [2.45, 2.75) is 25.5 Å². The molecule has 2 aromatic heterocycles. The Bertz CT molecular complexity index is 1200. The summed E-state index contributed by atoms with van der Waals surface area (Å²) in [6, 6.07) is 17.4. The molecule has 0 unspecified atom stereocenters. The van der Waals surface area contributed by atoms with Crippen molar-refractivity contribution in [2.24, 2.45) is 0 Å². The van der Waals surface area contributed by atoms with E-state index in [9.17, 15) is 4.79 Å². The molecule has 0 bridgehead atoms. The van der Waals surface area contributed by atoms with Crippen LogP contribution in [0, 0.1) is 13.8 Å². The first-order valence-corrected chi connectivity index (χ1v) is 10.9. The molecule has 2 aromatic carbocycles. The lowest BCUT2D eigenvalue weighted by Gasteiger charge is -2.10. The Balaban J connectivity index is 1.63. The molecule has 6 nitrogen and oxygen atoms in total. The highest BCUT2D eigenvalue weighted by molar-refractivity contribution is 7.99. The smallest absolute Gasteiger partial charge is 0.192 e. The number of carbonyl (C=O) groups is 1. The van der Waals surface area contributed by atoms with Crippen molar-refractivity contribution in [1.29, 1.82) is 0 Å². The van der Waals surface area contributed by atoms with Crippen LogP contribution in [0.15, 0.2) is 70.4 Å². The third kappa shape index (κ3) is 4.72. The molecule has 0 aliphatic rings. The molecule has 2 heterocycles. The standard InChI is InChI=1S/C24H23N3O3S/c1-16-9-10-17(2)21(12-16)22(28)15-31-24-26-25-23(18-6-4-7-19(13-18)29-3)27(24)14-20-8-5-11-30-20/h4-13H,14-15H2,1-3H3. The van der Waals surface area contributed by atoms with Crippen LogP contribution in [0.3, 0.4) is 0 Å². The first-order chi connectivity index (χ1) is 15.0. The zero-order valence-electron chi connectivity index (χ0n) is 17.7. The summed E-state index contributed by atoms with van der Waals surface area (Å²) in [7, 11) is 1.63. The predicted molar refractivity (Wildman–Crippen MR) is 121 cm³/mol. The zero-order chi connectivity index (χ0) is 21.8. The molecule has 0 amide bonds. The molecule has 0 atom stereocenters. The minimum absolute atomic E-state index is 0.0710. The van der Waals surface area contributed by atoms with E-state index in [4.69, 9.17) is 9.15 Å². The van der Waals surface area contributed by atoms with Gasteiger partial charge in [0.05, 0.1) is 25.7 Å². The van der Waals surface area contributed by atoms with Gasteiger partial charge in [-0.05, 0) is 49.7 Å². The lowest BCUT2D eigenvalue weighted by atomic mass is 10.0. The van der Waals surface area contributed by atoms with Crippen molar-refractivity contribution in [3.05, 3.63) is 83.3 Å². The average Bonchev–Trinajstić information content (AvgIpc) is 3.44. The van der Waals surface area contributed by atoms with Crippen molar-refractivity contribution < 1.29 is 13.9 Å². The van der Waals surface area contributed by atoms with E-state index in [1.807, 2.05) is 73.0 Å². The number of thioether (sulfide) groups is 1. The maximum Gasteiger partial charge on any atom is 0.192 e. The van der Waals surface area contributed by atoms with Crippen LogP contribution in [-0.2, 0) is 6.54 Å². The van der Waals surface area contributed by atoms with Gasteiger partial charge in [-0.3, -0.25) is 9.36 Å². The number of hydrogen-bond acceptors (Lipinski definition) is 6. The number of methoxy groups -OCH3 is 1. The van der Waals surface area contributed by atoms with Gasteiger partial charge in [0, 0.05) is 11.1 Å². The fourth-order valence-corrected chi connectivity index (χ4v) is 4.14. The van der Waals surface area contributed by atoms with Crippen molar-refractivity contribution in [2.75, 3.05) is 12.9 Å². The quantitative estimate of drug-likeness (QED) is 0.281. The van der Waals surface area contributed by atoms with E-state index in [2.05, 4.69) is 10.2 Å². The van der Waals surface area contributed by atoms with Crippen molar-refractivity contribution in [3.8, 4) is 17.1 Å². The van der Waals surface area contributed by atoms with E-state index >= 15 is 0 Å². The number of rotatable bonds is 8. The number of Topliss-reactive ketones (excluding diaryl/α,β-unsaturated/α-hetero) is 1. The fraction of sp³-hybridized carbons (Fsp3) is 0.208. The van der Waals surface area contributed by atoms with Gasteiger partial charge in [-0.2, -0.15) is 0 Å². The van der Waals surface area contributed by atoms with Gasteiger partial charge in [0.2, 0.25) is 0 Å². The summed E-state index contributed by atoms with van der Waals surface area (Å²) in [5, 5.41) is 9.44. The van der Waals surface area contributed by atoms with Gasteiger partial charge in [-0.15, -0.1) is 10.2 Å². The highest BCUT2D eigenvalue weighted by Crippen LogP contribution is 2.28. The van der Waals surface area contributed by atoms with Crippen molar-refractivity contribution in [3.63, 3.8) is 0 Å². The van der Waals surface area contributed by atoms with E-state index < -0.39 is 0 Å². The molecule has 4 aromatic rings. The summed E-state index contributed by atoms with van der Waals surface area (Å²) in [6.45, 7) is 4.41. The van der Waals surface area contributed by atoms with Crippen LogP contribution >= 0.6 is 11.8 Å². The van der Waals surface area contributed by atoms with Crippen molar-refractivity contribution >= 4 is 17.5 Å². The van der Waals surface area contributed by atoms with Gasteiger partial charge in [-0.1, -0.05) is 41.6 Å². The molecule has 0 aliphatic carbocycles. The molecule has 4 rings (SSSR count). The Morgan fingerprint density at radius 1 is 1.10 bits per heavy atom. The summed E-state index contributed by atoms with van der Waals surface area (Å²) in [5.41, 5.74) is 3.68. The number of furan rings is 1. The summed E-state index contributed by atoms with van der Waals surface area (Å²) in [6.07, 6.45) is 1.64. The summed E-state index contributed by atoms with van der Waals surface area (Å²) < 4.78 is 12.9. The summed E-state index contributed by atoms with van der Waals surface area (Å²) in [5.74, 6) is 2.56. The van der Waals surface area contributed by atoms with E-state index in [-0.39, 0.29) is 11.5 Å². The number of aromatic nitrogens is 3. The second-order valence-corrected chi connectivity index (χ2v) is 8.18. The Hall–Kier alpha value is -3.32. The topological polar surface area (TPSA) is 70.2 Å². The minimum atomic E-state index is 0.0710. The largest absolute Gasteiger partial charge is 0.497 e. The Morgan fingerprint density at radius 3 is 2.74 bits per heavy atom. The third-order valence-electron chi connectivity index (χ3n) is 4.96. The number of nitrogens with zero attached hydrogens (tertiary/aromatic N) is 3. The van der Waals surface area contributed by atoms with Crippen LogP contribution in [0.4, 0.5) is 0 Å². The Labute approximate surface area is 185 Å². The molecule has 0 fully saturated rings. The Kier molecular flexibility index (Phi) is 6.23. The van der Waals surface area contributed by atoms with Crippen LogP contribution in [0.2, 0.25) is 0 Å². The lowest BCUT2D eigenvalue weighted by Crippen LogP contribution is -2.08. The zero-order valence-corrected chi connectivity index (χ0v) is 18.5. The number of ketones is 1. The number of ether oxygens (including phenoxy) is 1. The van der Waals surface area contributed by atoms with Crippen LogP contribution in [0.1, 0.15) is 27.2 Å². The Morgan fingerprint density at radius 2 is 1.97 bits per heavy atom. The van der Waals surface area contributed by atoms with Crippen LogP contribution < -0.4 is 4.74 Å². The minimum Gasteiger partial charge on any atom is -0.497 e. The lowest BCUT2D eigenvalue weighted by molar-refractivity contribution is 0.102. The second kappa shape index (κ2) is 9.22. The molecule has 31 heavy (non-hydrogen) atoms. The van der Waals surface area contributed by atoms with Crippen LogP contribution in [-0.4, -0.2) is 33.4 Å². The van der Waals surface area contributed by atoms with Gasteiger partial charge in [0.25, 0.3) is 0 Å². The van der Waals surface area contributed by atoms with Crippen LogP contribution in [0.25, 0.3) is 11.4 Å². The third-order valence-corrected chi connectivity index (χ3v) is 5.93. The predicted octanol–water partition coefficient (Wildman–Crippen LogP) is 5.19. The van der Waals surface area contributed by atoms with E-state index in [1.54, 1.807) is 13.4 Å². The molecule has 0 N–H and O–H groups in total.